The smallest absolute Gasteiger partial charge is 0.493 e. The van der Waals surface area contributed by atoms with Gasteiger partial charge < -0.3 is 26.7 Å². The van der Waals surface area contributed by atoms with E-state index in [1.807, 2.05) is 25.2 Å². The number of halogens is 6. The summed E-state index contributed by atoms with van der Waals surface area (Å²) < 4.78 is 78.9. The van der Waals surface area contributed by atoms with Crippen molar-refractivity contribution in [3.8, 4) is 0 Å². The molecule has 3 nitrogen and oxygen atoms in total. The lowest BCUT2D eigenvalue weighted by molar-refractivity contribution is -0.548. The highest BCUT2D eigenvalue weighted by Gasteiger charge is 2.20. The van der Waals surface area contributed by atoms with Crippen LogP contribution in [0.5, 0.6) is 0 Å². The summed E-state index contributed by atoms with van der Waals surface area (Å²) in [5.41, 5.74) is 2.74. The van der Waals surface area contributed by atoms with Crippen molar-refractivity contribution in [1.29, 1.82) is 0 Å². The highest BCUT2D eigenvalue weighted by molar-refractivity contribution is 6.50. The van der Waals surface area contributed by atoms with Crippen LogP contribution in [-0.4, -0.2) is 50.5 Å². The molecule has 0 atom stereocenters. The quantitative estimate of drug-likeness (QED) is 0.177. The first kappa shape index (κ1) is 26.2. The van der Waals surface area contributed by atoms with Gasteiger partial charge in [-0.1, -0.05) is 6.08 Å². The third-order valence-electron chi connectivity index (χ3n) is 4.42. The molecule has 0 amide bonds. The third-order valence-corrected chi connectivity index (χ3v) is 4.42. The lowest BCUT2D eigenvalue weighted by Gasteiger charge is -2.14. The van der Waals surface area contributed by atoms with Gasteiger partial charge in [-0.2, -0.15) is 0 Å². The molecule has 2 aromatic rings. The molecule has 2 aromatic carbocycles. The van der Waals surface area contributed by atoms with Gasteiger partial charge in [0, 0.05) is 17.2 Å². The monoisotopic (exact) mass is 471 g/mol. The van der Waals surface area contributed by atoms with E-state index in [-0.39, 0.29) is 11.6 Å². The number of nitrogens with zero attached hydrogens (tertiary/aromatic N) is 1. The Hall–Kier alpha value is -3.01. The van der Waals surface area contributed by atoms with E-state index in [2.05, 4.69) is 4.58 Å². The van der Waals surface area contributed by atoms with Crippen LogP contribution in [0.25, 0.3) is 5.76 Å². The zero-order valence-corrected chi connectivity index (χ0v) is 18.0. The van der Waals surface area contributed by atoms with Crippen LogP contribution in [0.4, 0.5) is 26.0 Å². The maximum absolute atomic E-state index is 13.3. The van der Waals surface area contributed by atoms with E-state index in [1.165, 1.54) is 24.3 Å². The fourth-order valence-corrected chi connectivity index (χ4v) is 3.03. The Morgan fingerprint density at radius 1 is 0.909 bits per heavy atom. The van der Waals surface area contributed by atoms with Crippen LogP contribution in [-0.2, 0) is 9.47 Å². The van der Waals surface area contributed by atoms with Crippen LogP contribution >= 0.6 is 0 Å². The van der Waals surface area contributed by atoms with Crippen molar-refractivity contribution in [2.45, 2.75) is 6.92 Å². The van der Waals surface area contributed by atoms with Gasteiger partial charge in [-0.3, -0.25) is 0 Å². The van der Waals surface area contributed by atoms with Gasteiger partial charge in [-0.25, -0.2) is 13.4 Å². The highest BCUT2D eigenvalue weighted by Crippen LogP contribution is 2.17. The molecule has 1 aliphatic heterocycles. The van der Waals surface area contributed by atoms with E-state index in [0.29, 0.717) is 25.6 Å². The van der Waals surface area contributed by atoms with Gasteiger partial charge in [0.2, 0.25) is 5.71 Å². The number of rotatable bonds is 6. The van der Waals surface area contributed by atoms with Gasteiger partial charge in [0.1, 0.15) is 30.6 Å². The summed E-state index contributed by atoms with van der Waals surface area (Å²) in [6.45, 7) is 5.29. The molecular weight excluding hydrogens is 447 g/mol. The maximum Gasteiger partial charge on any atom is 0.673 e. The molecule has 178 valence electrons. The van der Waals surface area contributed by atoms with Gasteiger partial charge in [-0.15, -0.1) is 0 Å². The Morgan fingerprint density at radius 3 is 1.88 bits per heavy atom. The van der Waals surface area contributed by atoms with Crippen molar-refractivity contribution in [2.24, 2.45) is 0 Å². The van der Waals surface area contributed by atoms with Gasteiger partial charge >= 0.3 is 7.25 Å². The first-order valence-electron chi connectivity index (χ1n) is 10.3. The molecule has 1 aliphatic rings. The SMILES string of the molecule is CCO/C(=C/C=C/C(c1ccc(F)cc1)=[N+]1CCOCC1)c1ccc(F)cc1.F[B-](F)(F)F. The second kappa shape index (κ2) is 12.9. The zero-order valence-electron chi connectivity index (χ0n) is 18.0. The summed E-state index contributed by atoms with van der Waals surface area (Å²) in [6, 6.07) is 12.7. The number of hydrogen-bond donors (Lipinski definition) is 0. The van der Waals surface area contributed by atoms with E-state index in [1.54, 1.807) is 24.3 Å². The minimum absolute atomic E-state index is 0.260. The molecule has 1 heterocycles. The van der Waals surface area contributed by atoms with Crippen LogP contribution in [0.3, 0.4) is 0 Å². The lowest BCUT2D eigenvalue weighted by Crippen LogP contribution is -2.33. The predicted molar refractivity (Wildman–Crippen MR) is 117 cm³/mol. The minimum atomic E-state index is -6.00. The van der Waals surface area contributed by atoms with E-state index in [9.17, 15) is 26.0 Å². The van der Waals surface area contributed by atoms with Gasteiger partial charge in [-0.05, 0) is 61.5 Å². The van der Waals surface area contributed by atoms with Crippen LogP contribution in [0.2, 0.25) is 0 Å². The number of hydrogen-bond acceptors (Lipinski definition) is 2. The Morgan fingerprint density at radius 2 is 1.39 bits per heavy atom. The second-order valence-electron chi connectivity index (χ2n) is 6.82. The number of morpholine rings is 1. The van der Waals surface area contributed by atoms with Crippen molar-refractivity contribution in [3.05, 3.63) is 89.5 Å². The minimum Gasteiger partial charge on any atom is -0.493 e. The first-order chi connectivity index (χ1) is 15.7. The molecule has 1 saturated heterocycles. The molecule has 0 aliphatic carbocycles. The molecule has 0 unspecified atom stereocenters. The summed E-state index contributed by atoms with van der Waals surface area (Å²) in [4.78, 5) is 0. The highest BCUT2D eigenvalue weighted by atomic mass is 19.5. The van der Waals surface area contributed by atoms with E-state index in [4.69, 9.17) is 9.47 Å². The van der Waals surface area contributed by atoms with Gasteiger partial charge in [0.25, 0.3) is 0 Å². The van der Waals surface area contributed by atoms with Crippen molar-refractivity contribution in [2.75, 3.05) is 32.9 Å². The molecule has 0 bridgehead atoms. The lowest BCUT2D eigenvalue weighted by atomic mass is 10.1. The molecule has 0 radical (unpaired) electrons. The van der Waals surface area contributed by atoms with Crippen molar-refractivity contribution >= 4 is 18.7 Å². The Bertz CT molecular complexity index is 956. The number of benzene rings is 2. The van der Waals surface area contributed by atoms with E-state index in [0.717, 1.165) is 29.9 Å². The summed E-state index contributed by atoms with van der Waals surface area (Å²) in [7, 11) is -6.00. The summed E-state index contributed by atoms with van der Waals surface area (Å²) >= 11 is 0. The summed E-state index contributed by atoms with van der Waals surface area (Å²) in [5, 5.41) is 0. The zero-order chi connectivity index (χ0) is 24.3. The Kier molecular flexibility index (Phi) is 10.2. The number of allylic oxidation sites excluding steroid dienone is 3. The van der Waals surface area contributed by atoms with Crippen molar-refractivity contribution < 1.29 is 40.1 Å². The average Bonchev–Trinajstić information content (AvgIpc) is 2.77. The van der Waals surface area contributed by atoms with Crippen molar-refractivity contribution in [3.63, 3.8) is 0 Å². The molecule has 0 saturated carbocycles. The molecule has 10 heteroatoms. The average molecular weight is 471 g/mol. The topological polar surface area (TPSA) is 21.5 Å². The Labute approximate surface area is 188 Å². The van der Waals surface area contributed by atoms with Crippen LogP contribution in [0.15, 0.2) is 66.8 Å². The van der Waals surface area contributed by atoms with E-state index < -0.39 is 7.25 Å². The Balaban J connectivity index is 0.000000696. The fraction of sp³-hybridized carbons (Fsp3) is 0.261. The standard InChI is InChI=1S/C23H24F2NO2.BF4/c1-2-28-23(19-8-12-21(25)13-9-19)5-3-4-22(26-14-16-27-17-15-26)18-6-10-20(24)11-7-18;2-1(3,4)5/h3-13H,2,14-17H2,1H3;/q+1;-1/b4-3+,23-5+;. The molecule has 33 heavy (non-hydrogen) atoms. The molecule has 0 aromatic heterocycles. The van der Waals surface area contributed by atoms with Crippen LogP contribution in [0, 0.1) is 11.6 Å². The number of ether oxygens (including phenoxy) is 2. The molecule has 0 spiro atoms. The molecular formula is C23H24BF6NO2. The van der Waals surface area contributed by atoms with Gasteiger partial charge in [0.05, 0.1) is 6.61 Å². The van der Waals surface area contributed by atoms with Crippen LogP contribution in [0.1, 0.15) is 18.1 Å². The largest absolute Gasteiger partial charge is 0.673 e. The third kappa shape index (κ3) is 9.99. The van der Waals surface area contributed by atoms with E-state index >= 15 is 0 Å². The van der Waals surface area contributed by atoms with Crippen molar-refractivity contribution in [1.82, 2.24) is 0 Å². The second-order valence-corrected chi connectivity index (χ2v) is 6.82. The van der Waals surface area contributed by atoms with Gasteiger partial charge in [0.15, 0.2) is 13.1 Å². The molecule has 3 rings (SSSR count). The normalized spacial score (nSPS) is 14.6. The molecule has 0 N–H and O–H groups in total. The molecule has 1 fully saturated rings. The summed E-state index contributed by atoms with van der Waals surface area (Å²) in [6.07, 6.45) is 5.75. The first-order valence-corrected chi connectivity index (χ1v) is 10.3. The maximum atomic E-state index is 13.3. The predicted octanol–water partition coefficient (Wildman–Crippen LogP) is 5.73. The van der Waals surface area contributed by atoms with Crippen LogP contribution < -0.4 is 0 Å². The fourth-order valence-electron chi connectivity index (χ4n) is 3.03. The summed E-state index contributed by atoms with van der Waals surface area (Å²) in [5.74, 6) is 0.123.